The van der Waals surface area contributed by atoms with Gasteiger partial charge in [-0.15, -0.1) is 0 Å². The van der Waals surface area contributed by atoms with Crippen molar-refractivity contribution < 1.29 is 119 Å². The number of nitrogens with two attached hydrogens (primary N) is 1. The Hall–Kier alpha value is -7.67. The van der Waals surface area contributed by atoms with Crippen molar-refractivity contribution in [3.8, 4) is 5.75 Å². The van der Waals surface area contributed by atoms with E-state index >= 15 is 0 Å². The molecule has 25 atom stereocenters. The number of benzene rings is 3. The van der Waals surface area contributed by atoms with Crippen molar-refractivity contribution in [2.24, 2.45) is 5.73 Å². The number of ether oxygens (including phenoxy) is 6. The van der Waals surface area contributed by atoms with Gasteiger partial charge in [0.15, 0.2) is 24.4 Å². The highest BCUT2D eigenvalue weighted by Crippen LogP contribution is 2.33. The van der Waals surface area contributed by atoms with Gasteiger partial charge in [0.05, 0.1) is 51.2 Å². The fraction of sp³-hybridized carbons (Fsp3) is 0.571. The highest BCUT2D eigenvalue weighted by Gasteiger charge is 2.54. The van der Waals surface area contributed by atoms with Crippen molar-refractivity contribution in [3.05, 3.63) is 102 Å². The van der Waals surface area contributed by atoms with Gasteiger partial charge >= 0.3 is 0 Å². The number of anilines is 1. The first-order chi connectivity index (χ1) is 47.2. The zero-order chi connectivity index (χ0) is 72.1. The minimum atomic E-state index is -2.29. The Morgan fingerprint density at radius 2 is 1.30 bits per heavy atom. The second-order valence-corrected chi connectivity index (χ2v) is 24.7. The van der Waals surface area contributed by atoms with Crippen molar-refractivity contribution in [2.45, 2.75) is 166 Å². The van der Waals surface area contributed by atoms with Gasteiger partial charge in [-0.25, -0.2) is 0 Å². The number of aliphatic hydroxyl groups excluding tert-OH is 13. The number of carbonyl (C=O) groups is 4. The summed E-state index contributed by atoms with van der Waals surface area (Å²) in [5.74, 6) is -6.53. The lowest BCUT2D eigenvalue weighted by atomic mass is 9.93. The maximum atomic E-state index is 15.0. The zero-order valence-corrected chi connectivity index (χ0v) is 54.0. The lowest BCUT2D eigenvalue weighted by Crippen LogP contribution is -2.69. The number of hydrogen-bond donors (Lipinski definition) is 23. The molecular weight excluding hydrogens is 1310 g/mol. The lowest BCUT2D eigenvalue weighted by Gasteiger charge is -2.46. The van der Waals surface area contributed by atoms with Gasteiger partial charge in [-0.2, -0.15) is 0 Å². The highest BCUT2D eigenvalue weighted by molar-refractivity contribution is 5.96. The summed E-state index contributed by atoms with van der Waals surface area (Å²) < 4.78 is 34.9. The molecule has 99 heavy (non-hydrogen) atoms. The molecular formula is C63H89N12O24. The van der Waals surface area contributed by atoms with Gasteiger partial charge in [-0.05, 0) is 41.0 Å². The SMILES string of the molecule is CC(c1ccccc1)[C@H](N)C(=O)N[C@@H](Cc1ccc(OC2OC(CO)C(OC3OC(CO)C(OCC=Cc4ccc(N(C)C)cc4)C(O)C3O)C(O)C2O)cc1)C(=O)N[C@H](C(=O)N[C@H](C(=O)N[C@H]([C]=O)CO)C(O)C1CNC(=N)N1C1OC(CO)C(O)C(O)C1O)C(O)C1CNC(=N)N1. The quantitative estimate of drug-likeness (QED) is 0.0284. The number of rotatable bonds is 31. The summed E-state index contributed by atoms with van der Waals surface area (Å²) in [4.78, 5) is 72.9. The van der Waals surface area contributed by atoms with Crippen LogP contribution in [0.15, 0.2) is 84.9 Å². The van der Waals surface area contributed by atoms with Crippen molar-refractivity contribution in [1.29, 1.82) is 10.8 Å². The second-order valence-electron chi connectivity index (χ2n) is 24.7. The summed E-state index contributed by atoms with van der Waals surface area (Å²) in [5, 5.41) is 176. The molecule has 545 valence electrons. The Morgan fingerprint density at radius 3 is 1.92 bits per heavy atom. The largest absolute Gasteiger partial charge is 0.462 e. The summed E-state index contributed by atoms with van der Waals surface area (Å²) in [5.41, 5.74) is 9.27. The first kappa shape index (κ1) is 77.1. The molecule has 1 radical (unpaired) electrons. The van der Waals surface area contributed by atoms with E-state index in [-0.39, 0.29) is 30.4 Å². The maximum Gasteiger partial charge on any atom is 0.246 e. The summed E-state index contributed by atoms with van der Waals surface area (Å²) in [6, 6.07) is 9.55. The van der Waals surface area contributed by atoms with Crippen LogP contribution in [0.4, 0.5) is 5.69 Å². The molecule has 0 spiro atoms. The van der Waals surface area contributed by atoms with Gasteiger partial charge < -0.3 is 148 Å². The van der Waals surface area contributed by atoms with Gasteiger partial charge in [-0.3, -0.25) is 34.8 Å². The Labute approximate surface area is 567 Å². The first-order valence-corrected chi connectivity index (χ1v) is 31.8. The molecule has 24 N–H and O–H groups in total. The minimum absolute atomic E-state index is 0.0420. The van der Waals surface area contributed by atoms with Crippen molar-refractivity contribution in [2.75, 3.05) is 65.1 Å². The molecule has 3 aromatic rings. The van der Waals surface area contributed by atoms with E-state index in [1.807, 2.05) is 43.3 Å². The van der Waals surface area contributed by atoms with Crippen LogP contribution in [0.5, 0.6) is 5.75 Å². The molecule has 5 heterocycles. The molecule has 36 heteroatoms. The molecule has 5 aliphatic heterocycles. The molecule has 8 rings (SSSR count). The number of amides is 4. The fourth-order valence-electron chi connectivity index (χ4n) is 11.9. The van der Waals surface area contributed by atoms with E-state index in [9.17, 15) is 90.4 Å². The van der Waals surface area contributed by atoms with Crippen LogP contribution in [0.2, 0.25) is 0 Å². The van der Waals surface area contributed by atoms with Gasteiger partial charge in [0.1, 0.15) is 115 Å². The molecule has 0 aromatic heterocycles. The summed E-state index contributed by atoms with van der Waals surface area (Å²) >= 11 is 0. The summed E-state index contributed by atoms with van der Waals surface area (Å²) in [6.07, 6.45) is -25.7. The van der Waals surface area contributed by atoms with Gasteiger partial charge in [0.2, 0.25) is 36.2 Å². The second kappa shape index (κ2) is 35.1. The fourth-order valence-corrected chi connectivity index (χ4v) is 11.9. The minimum Gasteiger partial charge on any atom is -0.462 e. The first-order valence-electron chi connectivity index (χ1n) is 31.8. The van der Waals surface area contributed by atoms with Crippen LogP contribution in [0.1, 0.15) is 29.5 Å². The predicted molar refractivity (Wildman–Crippen MR) is 344 cm³/mol. The van der Waals surface area contributed by atoms with E-state index in [0.717, 1.165) is 16.2 Å². The van der Waals surface area contributed by atoms with Crippen molar-refractivity contribution >= 4 is 53.6 Å². The smallest absolute Gasteiger partial charge is 0.246 e. The van der Waals surface area contributed by atoms with Gasteiger partial charge in [0, 0.05) is 45.2 Å². The highest BCUT2D eigenvalue weighted by atomic mass is 16.7. The van der Waals surface area contributed by atoms with E-state index in [1.54, 1.807) is 49.4 Å². The lowest BCUT2D eigenvalue weighted by molar-refractivity contribution is -0.354. The number of guanidine groups is 2. The monoisotopic (exact) mass is 1400 g/mol. The van der Waals surface area contributed by atoms with E-state index in [1.165, 1.54) is 30.6 Å². The van der Waals surface area contributed by atoms with E-state index < -0.39 is 221 Å². The van der Waals surface area contributed by atoms with Crippen LogP contribution in [-0.4, -0.2) is 320 Å². The number of nitrogens with one attached hydrogen (secondary N) is 9. The Morgan fingerprint density at radius 1 is 0.697 bits per heavy atom. The van der Waals surface area contributed by atoms with Crippen LogP contribution < -0.4 is 52.6 Å². The van der Waals surface area contributed by atoms with Gasteiger partial charge in [0.25, 0.3) is 0 Å². The predicted octanol–water partition coefficient (Wildman–Crippen LogP) is -9.57. The Bertz CT molecular complexity index is 3200. The van der Waals surface area contributed by atoms with Crippen molar-refractivity contribution in [1.82, 2.24) is 42.1 Å². The van der Waals surface area contributed by atoms with Crippen LogP contribution >= 0.6 is 0 Å². The number of carbonyl (C=O) groups excluding carboxylic acids is 5. The molecule has 4 amide bonds. The molecule has 3 aromatic carbocycles. The Balaban J connectivity index is 0.994. The molecule has 0 aliphatic carbocycles. The third-order valence-electron chi connectivity index (χ3n) is 17.8. The standard InChI is InChI=1S/C63H89N12O24/c1-28(31-9-5-4-6-10-31)41(64)56(91)70-35(20-30-13-17-34(18-14-30)95-60-52(89)49(86)54(40(27-80)98-60)99-61-51(88)48(85)53(39(26-79)97-61)94-19-7-8-29-11-15-33(16-12-29)74(2)3)55(90)72-42(44(81)36-21-67-62(65)71-36)58(93)73-43(57(92)69-32(23-76)24-77)45(82)37-22-68-63(66)75(37)59-50(87)47(84)46(83)38(25-78)96-59/h4-18,28,32,35-54,59-61,76,78-89H,19-23,25-27,64H2,1-3H3,(H2,66,68)(H,69,92)(H,70,91)(H,72,90)(H,73,93)(H3,65,67,71)/t28?,32-,35-,36?,37?,38?,39?,40?,41-,42-,43-,44?,45?,46?,47?,48?,49?,50?,51?,52?,53?,54?,59?,60?,61?/m0/s1. The van der Waals surface area contributed by atoms with E-state index in [0.29, 0.717) is 5.56 Å². The number of nitrogens with zero attached hydrogens (tertiary/aromatic N) is 2. The van der Waals surface area contributed by atoms with E-state index in [2.05, 4.69) is 37.2 Å². The van der Waals surface area contributed by atoms with Crippen LogP contribution in [-0.2, 0) is 54.1 Å². The van der Waals surface area contributed by atoms with Crippen LogP contribution in [0, 0.1) is 10.8 Å². The third kappa shape index (κ3) is 18.5. The van der Waals surface area contributed by atoms with Crippen LogP contribution in [0.3, 0.4) is 0 Å². The third-order valence-corrected chi connectivity index (χ3v) is 17.8. The zero-order valence-electron chi connectivity index (χ0n) is 54.0. The van der Waals surface area contributed by atoms with Crippen LogP contribution in [0.25, 0.3) is 6.08 Å². The molecule has 5 fully saturated rings. The number of hydrogen-bond acceptors (Lipinski definition) is 28. The molecule has 36 nitrogen and oxygen atoms in total. The van der Waals surface area contributed by atoms with E-state index in [4.69, 9.17) is 45.0 Å². The molecule has 0 bridgehead atoms. The molecule has 0 saturated carbocycles. The topological polar surface area (TPSA) is 568 Å². The average molecular weight is 1400 g/mol. The number of aliphatic hydroxyl groups is 13. The summed E-state index contributed by atoms with van der Waals surface area (Å²) in [6.45, 7) is -2.61. The molecule has 5 saturated heterocycles. The van der Waals surface area contributed by atoms with Crippen molar-refractivity contribution in [3.63, 3.8) is 0 Å². The maximum absolute atomic E-state index is 15.0. The normalized spacial score (nSPS) is 31.0. The average Bonchev–Trinajstić information content (AvgIpc) is 1.73. The molecule has 5 aliphatic rings. The molecule has 20 unspecified atom stereocenters. The summed E-state index contributed by atoms with van der Waals surface area (Å²) in [7, 11) is 3.82. The van der Waals surface area contributed by atoms with Gasteiger partial charge in [-0.1, -0.05) is 73.7 Å². The Kier molecular flexibility index (Phi) is 27.3.